The number of hydrogen-bond acceptors (Lipinski definition) is 6. The lowest BCUT2D eigenvalue weighted by atomic mass is 10.0. The monoisotopic (exact) mass is 398 g/mol. The Morgan fingerprint density at radius 2 is 2.17 bits per heavy atom. The van der Waals surface area contributed by atoms with Crippen molar-refractivity contribution in [3.05, 3.63) is 47.8 Å². The molecule has 9 heteroatoms. The van der Waals surface area contributed by atoms with Crippen molar-refractivity contribution in [2.75, 3.05) is 25.1 Å². The van der Waals surface area contributed by atoms with E-state index in [2.05, 4.69) is 9.97 Å². The molecule has 2 aromatic heterocycles. The zero-order chi connectivity index (χ0) is 20.6. The third-order valence-corrected chi connectivity index (χ3v) is 5.17. The average molecular weight is 398 g/mol. The van der Waals surface area contributed by atoms with Gasteiger partial charge in [-0.15, -0.1) is 0 Å². The molecule has 0 aliphatic carbocycles. The van der Waals surface area contributed by atoms with Gasteiger partial charge < -0.3 is 19.9 Å². The van der Waals surface area contributed by atoms with Crippen LogP contribution in [0.15, 0.2) is 36.5 Å². The van der Waals surface area contributed by atoms with Crippen molar-refractivity contribution in [3.8, 4) is 11.8 Å². The molecule has 4 rings (SSSR count). The number of fused-ring (bicyclic) bond motifs is 1. The molecule has 1 aromatic carbocycles. The highest BCUT2D eigenvalue weighted by Gasteiger charge is 2.42. The molecule has 0 unspecified atom stereocenters. The maximum absolute atomic E-state index is 13.9. The second-order valence-corrected chi connectivity index (χ2v) is 7.07. The van der Waals surface area contributed by atoms with Gasteiger partial charge in [-0.1, -0.05) is 0 Å². The fourth-order valence-electron chi connectivity index (χ4n) is 3.47. The minimum atomic E-state index is -2.88. The lowest BCUT2D eigenvalue weighted by Gasteiger charge is -2.37. The predicted octanol–water partition coefficient (Wildman–Crippen LogP) is 2.53. The molecule has 1 aliphatic rings. The molecule has 3 heterocycles. The van der Waals surface area contributed by atoms with Crippen molar-refractivity contribution in [2.24, 2.45) is 5.73 Å². The van der Waals surface area contributed by atoms with Gasteiger partial charge in [0.25, 0.3) is 5.92 Å². The molecule has 3 aromatic rings. The second-order valence-electron chi connectivity index (χ2n) is 7.07. The Bertz CT molecular complexity index is 1070. The molecular formula is C20H20F2N6O. The standard InChI is InChI=1S/C20H20F2N6O/c1-29-15-4-5-16-17(8-15)28(11-14-3-2-13(9-23)10-25-14)19(26-16)27-7-6-20(21,22)18(24)12-27/h2-5,8,10,18H,6-7,11-12,24H2,1H3/t18-/m1/s1. The van der Waals surface area contributed by atoms with E-state index in [1.807, 2.05) is 22.8 Å². The van der Waals surface area contributed by atoms with E-state index >= 15 is 0 Å². The van der Waals surface area contributed by atoms with Crippen LogP contribution in [0.4, 0.5) is 14.7 Å². The molecule has 1 saturated heterocycles. The summed E-state index contributed by atoms with van der Waals surface area (Å²) in [5, 5.41) is 8.97. The summed E-state index contributed by atoms with van der Waals surface area (Å²) in [4.78, 5) is 10.8. The van der Waals surface area contributed by atoms with E-state index in [4.69, 9.17) is 15.7 Å². The van der Waals surface area contributed by atoms with Crippen LogP contribution < -0.4 is 15.4 Å². The Morgan fingerprint density at radius 3 is 2.83 bits per heavy atom. The molecule has 2 N–H and O–H groups in total. The van der Waals surface area contributed by atoms with Crippen LogP contribution in [-0.4, -0.2) is 46.7 Å². The molecule has 1 atom stereocenters. The molecule has 1 aliphatic heterocycles. The van der Waals surface area contributed by atoms with Gasteiger partial charge >= 0.3 is 0 Å². The number of halogens is 2. The third kappa shape index (κ3) is 3.59. The number of aromatic nitrogens is 3. The normalized spacial score (nSPS) is 18.6. The van der Waals surface area contributed by atoms with Crippen LogP contribution in [-0.2, 0) is 6.54 Å². The van der Waals surface area contributed by atoms with Gasteiger partial charge in [-0.2, -0.15) is 5.26 Å². The van der Waals surface area contributed by atoms with E-state index < -0.39 is 12.0 Å². The molecule has 7 nitrogen and oxygen atoms in total. The van der Waals surface area contributed by atoms with Gasteiger partial charge in [-0.3, -0.25) is 4.98 Å². The van der Waals surface area contributed by atoms with Crippen molar-refractivity contribution < 1.29 is 13.5 Å². The van der Waals surface area contributed by atoms with Crippen LogP contribution in [0.5, 0.6) is 5.75 Å². The number of methoxy groups -OCH3 is 1. The van der Waals surface area contributed by atoms with Crippen molar-refractivity contribution in [1.82, 2.24) is 14.5 Å². The molecule has 0 spiro atoms. The van der Waals surface area contributed by atoms with Gasteiger partial charge in [0.2, 0.25) is 5.95 Å². The number of alkyl halides is 2. The molecule has 0 saturated carbocycles. The van der Waals surface area contributed by atoms with Crippen LogP contribution in [0.3, 0.4) is 0 Å². The molecule has 1 fully saturated rings. The quantitative estimate of drug-likeness (QED) is 0.726. The SMILES string of the molecule is COc1ccc2nc(N3CCC(F)(F)[C@H](N)C3)n(Cc3ccc(C#N)cn3)c2c1. The fraction of sp³-hybridized carbons (Fsp3) is 0.350. The number of anilines is 1. The molecular weight excluding hydrogens is 378 g/mol. The van der Waals surface area contributed by atoms with Gasteiger partial charge in [0.15, 0.2) is 0 Å². The van der Waals surface area contributed by atoms with E-state index in [1.165, 1.54) is 6.20 Å². The third-order valence-electron chi connectivity index (χ3n) is 5.17. The summed E-state index contributed by atoms with van der Waals surface area (Å²) in [5.41, 5.74) is 8.44. The number of nitrogens with zero attached hydrogens (tertiary/aromatic N) is 5. The highest BCUT2D eigenvalue weighted by molar-refractivity contribution is 5.80. The zero-order valence-corrected chi connectivity index (χ0v) is 15.8. The summed E-state index contributed by atoms with van der Waals surface area (Å²) in [6.45, 7) is 0.531. The lowest BCUT2D eigenvalue weighted by molar-refractivity contribution is -0.0395. The van der Waals surface area contributed by atoms with Crippen molar-refractivity contribution in [1.29, 1.82) is 5.26 Å². The predicted molar refractivity (Wildman–Crippen MR) is 104 cm³/mol. The number of imidazole rings is 1. The van der Waals surface area contributed by atoms with Gasteiger partial charge in [-0.25, -0.2) is 13.8 Å². The van der Waals surface area contributed by atoms with Crippen molar-refractivity contribution in [3.63, 3.8) is 0 Å². The van der Waals surface area contributed by atoms with E-state index in [-0.39, 0.29) is 19.5 Å². The van der Waals surface area contributed by atoms with Crippen LogP contribution >= 0.6 is 0 Å². The first-order valence-electron chi connectivity index (χ1n) is 9.19. The van der Waals surface area contributed by atoms with Crippen LogP contribution in [0.1, 0.15) is 17.7 Å². The zero-order valence-electron chi connectivity index (χ0n) is 15.8. The Morgan fingerprint density at radius 1 is 1.34 bits per heavy atom. The first-order valence-corrected chi connectivity index (χ1v) is 9.19. The van der Waals surface area contributed by atoms with Gasteiger partial charge in [-0.05, 0) is 24.3 Å². The van der Waals surface area contributed by atoms with Crippen LogP contribution in [0.25, 0.3) is 11.0 Å². The number of nitriles is 1. The molecule has 0 bridgehead atoms. The summed E-state index contributed by atoms with van der Waals surface area (Å²) in [5.74, 6) is -1.66. The summed E-state index contributed by atoms with van der Waals surface area (Å²) < 4.78 is 35.0. The highest BCUT2D eigenvalue weighted by Crippen LogP contribution is 2.32. The molecule has 0 amide bonds. The molecule has 0 radical (unpaired) electrons. The average Bonchev–Trinajstić information content (AvgIpc) is 3.08. The Hall–Kier alpha value is -3.25. The summed E-state index contributed by atoms with van der Waals surface area (Å²) in [7, 11) is 1.58. The number of rotatable bonds is 4. The number of pyridine rings is 1. The first kappa shape index (κ1) is 19.1. The van der Waals surface area contributed by atoms with Crippen molar-refractivity contribution >= 4 is 17.0 Å². The second kappa shape index (κ2) is 7.29. The van der Waals surface area contributed by atoms with Gasteiger partial charge in [0.05, 0.1) is 42.0 Å². The van der Waals surface area contributed by atoms with Crippen LogP contribution in [0, 0.1) is 11.3 Å². The number of ether oxygens (including phenoxy) is 1. The summed E-state index contributed by atoms with van der Waals surface area (Å²) in [6, 6.07) is 9.74. The minimum Gasteiger partial charge on any atom is -0.497 e. The number of nitrogens with two attached hydrogens (primary N) is 1. The Balaban J connectivity index is 1.76. The van der Waals surface area contributed by atoms with Gasteiger partial charge in [0.1, 0.15) is 11.8 Å². The lowest BCUT2D eigenvalue weighted by Crippen LogP contribution is -2.55. The molecule has 150 valence electrons. The topological polar surface area (TPSA) is 93.0 Å². The summed E-state index contributed by atoms with van der Waals surface area (Å²) in [6.07, 6.45) is 1.18. The Kier molecular flexibility index (Phi) is 4.80. The highest BCUT2D eigenvalue weighted by atomic mass is 19.3. The number of benzene rings is 1. The van der Waals surface area contributed by atoms with E-state index in [9.17, 15) is 8.78 Å². The number of piperidine rings is 1. The first-order chi connectivity index (χ1) is 13.9. The smallest absolute Gasteiger partial charge is 0.266 e. The Labute approximate surface area is 166 Å². The van der Waals surface area contributed by atoms with Gasteiger partial charge in [0, 0.05) is 31.8 Å². The molecule has 29 heavy (non-hydrogen) atoms. The van der Waals surface area contributed by atoms with E-state index in [1.54, 1.807) is 30.2 Å². The van der Waals surface area contributed by atoms with E-state index in [0.29, 0.717) is 23.8 Å². The maximum atomic E-state index is 13.9. The van der Waals surface area contributed by atoms with E-state index in [0.717, 1.165) is 16.7 Å². The largest absolute Gasteiger partial charge is 0.497 e. The maximum Gasteiger partial charge on any atom is 0.266 e. The minimum absolute atomic E-state index is 0.00819. The fourth-order valence-corrected chi connectivity index (χ4v) is 3.47. The number of hydrogen-bond donors (Lipinski definition) is 1. The van der Waals surface area contributed by atoms with Crippen molar-refractivity contribution in [2.45, 2.75) is 24.9 Å². The van der Waals surface area contributed by atoms with Crippen LogP contribution in [0.2, 0.25) is 0 Å². The summed E-state index contributed by atoms with van der Waals surface area (Å²) >= 11 is 0.